The molecule has 1 heterocycles. The molecule has 0 saturated carbocycles. The van der Waals surface area contributed by atoms with Crippen molar-refractivity contribution in [3.05, 3.63) is 35.9 Å². The lowest BCUT2D eigenvalue weighted by Gasteiger charge is -2.27. The molecule has 0 bridgehead atoms. The maximum atomic E-state index is 10.9. The first-order chi connectivity index (χ1) is 9.63. The minimum Gasteiger partial charge on any atom is -1.00 e. The second-order valence-corrected chi connectivity index (χ2v) is 6.08. The van der Waals surface area contributed by atoms with E-state index in [1.807, 2.05) is 44.2 Å². The Morgan fingerprint density at radius 3 is 2.33 bits per heavy atom. The highest BCUT2D eigenvalue weighted by Crippen LogP contribution is 2.28. The third-order valence-electron chi connectivity index (χ3n) is 4.23. The predicted molar refractivity (Wildman–Crippen MR) is 82.4 cm³/mol. The monoisotopic (exact) mass is 307 g/mol. The Bertz CT molecular complexity index is 471. The second-order valence-electron chi connectivity index (χ2n) is 6.08. The number of hydrogen-bond donors (Lipinski definition) is 2. The Labute approximate surface area is 135 Å². The number of quaternary nitrogens is 1. The number of piperidine rings is 1. The van der Waals surface area contributed by atoms with Gasteiger partial charge in [0.05, 0.1) is 13.1 Å². The minimum atomic E-state index is -1.03. The fourth-order valence-electron chi connectivity index (χ4n) is 2.77. The van der Waals surface area contributed by atoms with E-state index >= 15 is 0 Å². The van der Waals surface area contributed by atoms with Crippen molar-refractivity contribution < 1.29 is 22.4 Å². The van der Waals surface area contributed by atoms with Crippen LogP contribution in [-0.2, 0) is 5.60 Å². The van der Waals surface area contributed by atoms with Crippen molar-refractivity contribution in [1.29, 1.82) is 0 Å². The van der Waals surface area contributed by atoms with Crippen LogP contribution in [0.2, 0.25) is 0 Å². The van der Waals surface area contributed by atoms with Gasteiger partial charge in [0.2, 0.25) is 0 Å². The van der Waals surface area contributed by atoms with Crippen molar-refractivity contribution in [2.45, 2.75) is 38.7 Å². The van der Waals surface area contributed by atoms with E-state index in [1.54, 1.807) is 4.90 Å². The van der Waals surface area contributed by atoms with Crippen LogP contribution >= 0.6 is 0 Å². The summed E-state index contributed by atoms with van der Waals surface area (Å²) in [6, 6.07) is 9.81. The highest BCUT2D eigenvalue weighted by atomic mass is 35.5. The van der Waals surface area contributed by atoms with Crippen LogP contribution in [0.1, 0.15) is 38.7 Å². The second kappa shape index (κ2) is 8.44. The first-order valence-electron chi connectivity index (χ1n) is 7.74. The van der Waals surface area contributed by atoms with E-state index in [2.05, 4.69) is 11.8 Å². The summed E-state index contributed by atoms with van der Waals surface area (Å²) in [5, 5.41) is 10.9. The molecule has 116 valence electrons. The molecule has 1 fully saturated rings. The van der Waals surface area contributed by atoms with Crippen molar-refractivity contribution in [3.8, 4) is 11.8 Å². The van der Waals surface area contributed by atoms with E-state index in [-0.39, 0.29) is 18.3 Å². The SMILES string of the molecule is CC(C)C(O)(C#CC[NH+]1CCCCC1)c1ccccc1.[Cl-]. The first kappa shape index (κ1) is 18.0. The van der Waals surface area contributed by atoms with E-state index in [1.165, 1.54) is 32.4 Å². The molecule has 3 heteroatoms. The Morgan fingerprint density at radius 1 is 1.14 bits per heavy atom. The number of benzene rings is 1. The Balaban J connectivity index is 0.00000220. The van der Waals surface area contributed by atoms with Gasteiger partial charge >= 0.3 is 0 Å². The quantitative estimate of drug-likeness (QED) is 0.660. The molecule has 2 N–H and O–H groups in total. The maximum Gasteiger partial charge on any atom is 0.153 e. The average molecular weight is 308 g/mol. The van der Waals surface area contributed by atoms with Gasteiger partial charge < -0.3 is 22.4 Å². The minimum absolute atomic E-state index is 0. The molecule has 1 saturated heterocycles. The van der Waals surface area contributed by atoms with Gasteiger partial charge in [-0.05, 0) is 36.7 Å². The number of halogens is 1. The van der Waals surface area contributed by atoms with Gasteiger partial charge in [0.25, 0.3) is 0 Å². The van der Waals surface area contributed by atoms with Crippen molar-refractivity contribution in [3.63, 3.8) is 0 Å². The lowest BCUT2D eigenvalue weighted by atomic mass is 9.84. The van der Waals surface area contributed by atoms with E-state index < -0.39 is 5.60 Å². The fourth-order valence-corrected chi connectivity index (χ4v) is 2.77. The topological polar surface area (TPSA) is 24.7 Å². The van der Waals surface area contributed by atoms with Gasteiger partial charge in [-0.25, -0.2) is 0 Å². The van der Waals surface area contributed by atoms with Gasteiger partial charge in [-0.2, -0.15) is 0 Å². The Morgan fingerprint density at radius 2 is 1.76 bits per heavy atom. The van der Waals surface area contributed by atoms with Crippen molar-refractivity contribution >= 4 is 0 Å². The maximum absolute atomic E-state index is 10.9. The molecule has 1 aromatic carbocycles. The molecule has 21 heavy (non-hydrogen) atoms. The van der Waals surface area contributed by atoms with Gasteiger partial charge in [0.15, 0.2) is 5.60 Å². The zero-order valence-electron chi connectivity index (χ0n) is 13.0. The highest BCUT2D eigenvalue weighted by Gasteiger charge is 2.30. The van der Waals surface area contributed by atoms with Gasteiger partial charge in [0.1, 0.15) is 6.54 Å². The number of rotatable bonds is 3. The predicted octanol–water partition coefficient (Wildman–Crippen LogP) is -1.39. The largest absolute Gasteiger partial charge is 1.00 e. The van der Waals surface area contributed by atoms with E-state index in [0.717, 1.165) is 12.1 Å². The van der Waals surface area contributed by atoms with Crippen LogP contribution in [0.3, 0.4) is 0 Å². The zero-order chi connectivity index (χ0) is 14.4. The molecule has 2 nitrogen and oxygen atoms in total. The summed E-state index contributed by atoms with van der Waals surface area (Å²) < 4.78 is 0. The fraction of sp³-hybridized carbons (Fsp3) is 0.556. The van der Waals surface area contributed by atoms with E-state index in [4.69, 9.17) is 0 Å². The number of nitrogens with one attached hydrogen (secondary N) is 1. The van der Waals surface area contributed by atoms with Crippen LogP contribution in [0.15, 0.2) is 30.3 Å². The Hall–Kier alpha value is -1.01. The van der Waals surface area contributed by atoms with Gasteiger partial charge in [0, 0.05) is 0 Å². The van der Waals surface area contributed by atoms with E-state index in [0.29, 0.717) is 0 Å². The molecule has 1 aliphatic heterocycles. The summed E-state index contributed by atoms with van der Waals surface area (Å²) >= 11 is 0. The summed E-state index contributed by atoms with van der Waals surface area (Å²) in [7, 11) is 0. The molecule has 1 aromatic rings. The molecule has 1 aliphatic rings. The van der Waals surface area contributed by atoms with Crippen LogP contribution in [-0.4, -0.2) is 24.7 Å². The van der Waals surface area contributed by atoms with Crippen LogP contribution in [0.5, 0.6) is 0 Å². The molecule has 1 atom stereocenters. The van der Waals surface area contributed by atoms with Crippen LogP contribution in [0.25, 0.3) is 0 Å². The number of hydrogen-bond acceptors (Lipinski definition) is 1. The lowest BCUT2D eigenvalue weighted by Crippen LogP contribution is -3.12. The van der Waals surface area contributed by atoms with Crippen molar-refractivity contribution in [1.82, 2.24) is 0 Å². The van der Waals surface area contributed by atoms with Gasteiger partial charge in [-0.3, -0.25) is 0 Å². The van der Waals surface area contributed by atoms with Crippen molar-refractivity contribution in [2.75, 3.05) is 19.6 Å². The summed E-state index contributed by atoms with van der Waals surface area (Å²) in [5.41, 5.74) is -0.132. The highest BCUT2D eigenvalue weighted by molar-refractivity contribution is 5.32. The van der Waals surface area contributed by atoms with Crippen LogP contribution in [0.4, 0.5) is 0 Å². The van der Waals surface area contributed by atoms with Crippen LogP contribution in [0, 0.1) is 17.8 Å². The number of aliphatic hydroxyl groups is 1. The third kappa shape index (κ3) is 4.74. The molecule has 0 aromatic heterocycles. The summed E-state index contributed by atoms with van der Waals surface area (Å²) in [4.78, 5) is 1.56. The van der Waals surface area contributed by atoms with Crippen LogP contribution < -0.4 is 17.3 Å². The molecule has 0 amide bonds. The van der Waals surface area contributed by atoms with Gasteiger partial charge in [-0.15, -0.1) is 0 Å². The molecule has 0 spiro atoms. The molecule has 1 unspecified atom stereocenters. The summed E-state index contributed by atoms with van der Waals surface area (Å²) in [6.07, 6.45) is 3.98. The lowest BCUT2D eigenvalue weighted by molar-refractivity contribution is -0.897. The molecular weight excluding hydrogens is 282 g/mol. The average Bonchev–Trinajstić information content (AvgIpc) is 2.49. The normalized spacial score (nSPS) is 18.3. The first-order valence-corrected chi connectivity index (χ1v) is 7.74. The number of likely N-dealkylation sites (tertiary alicyclic amines) is 1. The van der Waals surface area contributed by atoms with E-state index in [9.17, 15) is 5.11 Å². The zero-order valence-corrected chi connectivity index (χ0v) is 13.8. The summed E-state index contributed by atoms with van der Waals surface area (Å²) in [6.45, 7) is 7.34. The van der Waals surface area contributed by atoms with Crippen molar-refractivity contribution in [2.24, 2.45) is 5.92 Å². The molecule has 0 radical (unpaired) electrons. The Kier molecular flexibility index (Phi) is 7.25. The third-order valence-corrected chi connectivity index (χ3v) is 4.23. The summed E-state index contributed by atoms with van der Waals surface area (Å²) in [5.74, 6) is 6.46. The standard InChI is InChI=1S/C18H25NO.ClH/c1-16(2)18(20,17-10-5-3-6-11-17)12-9-15-19-13-7-4-8-14-19;/h3,5-6,10-11,16,20H,4,7-8,13-15H2,1-2H3;1H. The molecular formula is C18H26ClNO. The molecule has 0 aliphatic carbocycles. The smallest absolute Gasteiger partial charge is 0.153 e. The van der Waals surface area contributed by atoms with Gasteiger partial charge in [-0.1, -0.05) is 50.1 Å². The molecule has 2 rings (SSSR count).